The van der Waals surface area contributed by atoms with E-state index in [-0.39, 0.29) is 6.10 Å². The average molecular weight is 226 g/mol. The SMILES string of the molecule is C=C(CCCC)C(=C)C(C)OC(=O)OCC. The molecule has 16 heavy (non-hydrogen) atoms. The molecule has 3 nitrogen and oxygen atoms in total. The summed E-state index contributed by atoms with van der Waals surface area (Å²) in [5.41, 5.74) is 1.71. The molecular weight excluding hydrogens is 204 g/mol. The third-order valence-corrected chi connectivity index (χ3v) is 2.31. The maximum absolute atomic E-state index is 11.1. The normalized spacial score (nSPS) is 11.7. The molecule has 0 N–H and O–H groups in total. The molecule has 0 aromatic carbocycles. The fraction of sp³-hybridized carbons (Fsp3) is 0.615. The minimum atomic E-state index is -0.653. The Morgan fingerprint density at radius 1 is 1.31 bits per heavy atom. The largest absolute Gasteiger partial charge is 0.508 e. The van der Waals surface area contributed by atoms with Crippen molar-refractivity contribution in [2.24, 2.45) is 0 Å². The zero-order valence-corrected chi connectivity index (χ0v) is 10.5. The van der Waals surface area contributed by atoms with Gasteiger partial charge in [0.05, 0.1) is 6.61 Å². The summed E-state index contributed by atoms with van der Waals surface area (Å²) in [6, 6.07) is 0. The highest BCUT2D eigenvalue weighted by molar-refractivity contribution is 5.60. The summed E-state index contributed by atoms with van der Waals surface area (Å²) >= 11 is 0. The first-order chi connectivity index (χ1) is 7.52. The number of ether oxygens (including phenoxy) is 2. The van der Waals surface area contributed by atoms with Gasteiger partial charge in [-0.05, 0) is 37.8 Å². The maximum atomic E-state index is 11.1. The summed E-state index contributed by atoms with van der Waals surface area (Å²) in [5, 5.41) is 0. The molecule has 0 aromatic rings. The van der Waals surface area contributed by atoms with Crippen molar-refractivity contribution in [1.29, 1.82) is 0 Å². The minimum absolute atomic E-state index is 0.314. The molecule has 0 heterocycles. The van der Waals surface area contributed by atoms with E-state index in [4.69, 9.17) is 9.47 Å². The Morgan fingerprint density at radius 3 is 2.44 bits per heavy atom. The first kappa shape index (κ1) is 14.8. The molecule has 0 bridgehead atoms. The highest BCUT2D eigenvalue weighted by atomic mass is 16.7. The second-order valence-corrected chi connectivity index (χ2v) is 3.68. The van der Waals surface area contributed by atoms with Crippen LogP contribution in [0.5, 0.6) is 0 Å². The smallest absolute Gasteiger partial charge is 0.435 e. The molecule has 0 aliphatic rings. The van der Waals surface area contributed by atoms with Crippen LogP contribution in [0.3, 0.4) is 0 Å². The van der Waals surface area contributed by atoms with Gasteiger partial charge in [-0.1, -0.05) is 26.5 Å². The topological polar surface area (TPSA) is 35.5 Å². The predicted molar refractivity (Wildman–Crippen MR) is 65.4 cm³/mol. The van der Waals surface area contributed by atoms with Crippen LogP contribution in [0.2, 0.25) is 0 Å². The Morgan fingerprint density at radius 2 is 1.94 bits per heavy atom. The second kappa shape index (κ2) is 7.97. The molecular formula is C13H22O3. The van der Waals surface area contributed by atoms with Crippen molar-refractivity contribution >= 4 is 6.16 Å². The van der Waals surface area contributed by atoms with Gasteiger partial charge in [0.1, 0.15) is 6.10 Å². The predicted octanol–water partition coefficient (Wildman–Crippen LogP) is 3.85. The van der Waals surface area contributed by atoms with Crippen molar-refractivity contribution in [2.75, 3.05) is 6.61 Å². The van der Waals surface area contributed by atoms with Gasteiger partial charge in [0.2, 0.25) is 0 Å². The van der Waals surface area contributed by atoms with Crippen LogP contribution in [-0.2, 0) is 9.47 Å². The standard InChI is InChI=1S/C13H22O3/c1-6-8-9-10(3)11(4)12(5)16-13(14)15-7-2/h12H,3-4,6-9H2,1-2,5H3. The van der Waals surface area contributed by atoms with E-state index < -0.39 is 6.16 Å². The molecule has 0 aliphatic heterocycles. The van der Waals surface area contributed by atoms with Gasteiger partial charge in [0, 0.05) is 0 Å². The molecule has 1 atom stereocenters. The Hall–Kier alpha value is -1.25. The quantitative estimate of drug-likeness (QED) is 0.488. The molecule has 0 amide bonds. The van der Waals surface area contributed by atoms with Crippen LogP contribution in [0.25, 0.3) is 0 Å². The molecule has 0 radical (unpaired) electrons. The van der Waals surface area contributed by atoms with Crippen LogP contribution in [0.1, 0.15) is 40.0 Å². The highest BCUT2D eigenvalue weighted by Gasteiger charge is 2.15. The molecule has 0 fully saturated rings. The van der Waals surface area contributed by atoms with Crippen molar-refractivity contribution in [3.63, 3.8) is 0 Å². The number of hydrogen-bond donors (Lipinski definition) is 0. The van der Waals surface area contributed by atoms with Gasteiger partial charge in [-0.3, -0.25) is 0 Å². The van der Waals surface area contributed by atoms with Crippen LogP contribution >= 0.6 is 0 Å². The zero-order chi connectivity index (χ0) is 12.6. The third-order valence-electron chi connectivity index (χ3n) is 2.31. The summed E-state index contributed by atoms with van der Waals surface area (Å²) in [7, 11) is 0. The molecule has 0 saturated carbocycles. The minimum Gasteiger partial charge on any atom is -0.435 e. The van der Waals surface area contributed by atoms with E-state index in [1.54, 1.807) is 13.8 Å². The Labute approximate surface area is 98.1 Å². The molecule has 0 aromatic heterocycles. The lowest BCUT2D eigenvalue weighted by atomic mass is 10.00. The lowest BCUT2D eigenvalue weighted by Gasteiger charge is -2.17. The number of rotatable bonds is 7. The number of carbonyl (C=O) groups is 1. The van der Waals surface area contributed by atoms with Gasteiger partial charge >= 0.3 is 6.16 Å². The number of carbonyl (C=O) groups excluding carboxylic acids is 1. The lowest BCUT2D eigenvalue weighted by Crippen LogP contribution is -2.18. The van der Waals surface area contributed by atoms with Crippen molar-refractivity contribution in [1.82, 2.24) is 0 Å². The van der Waals surface area contributed by atoms with Gasteiger partial charge < -0.3 is 9.47 Å². The van der Waals surface area contributed by atoms with E-state index in [0.29, 0.717) is 6.61 Å². The molecule has 0 rings (SSSR count). The third kappa shape index (κ3) is 5.59. The van der Waals surface area contributed by atoms with Gasteiger partial charge in [-0.25, -0.2) is 4.79 Å². The van der Waals surface area contributed by atoms with E-state index >= 15 is 0 Å². The Bertz CT molecular complexity index is 256. The number of hydrogen-bond acceptors (Lipinski definition) is 3. The average Bonchev–Trinajstić information content (AvgIpc) is 2.24. The molecule has 92 valence electrons. The molecule has 1 unspecified atom stereocenters. The van der Waals surface area contributed by atoms with Crippen LogP contribution in [0, 0.1) is 0 Å². The Kier molecular flexibility index (Phi) is 7.34. The van der Waals surface area contributed by atoms with E-state index in [9.17, 15) is 4.79 Å². The van der Waals surface area contributed by atoms with Crippen LogP contribution in [-0.4, -0.2) is 18.9 Å². The van der Waals surface area contributed by atoms with E-state index in [0.717, 1.165) is 30.4 Å². The summed E-state index contributed by atoms with van der Waals surface area (Å²) < 4.78 is 9.72. The van der Waals surface area contributed by atoms with Crippen molar-refractivity contribution in [3.8, 4) is 0 Å². The van der Waals surface area contributed by atoms with Crippen molar-refractivity contribution in [3.05, 3.63) is 24.3 Å². The second-order valence-electron chi connectivity index (χ2n) is 3.68. The molecule has 3 heteroatoms. The van der Waals surface area contributed by atoms with E-state index in [1.165, 1.54) is 0 Å². The highest BCUT2D eigenvalue weighted by Crippen LogP contribution is 2.19. The summed E-state index contributed by atoms with van der Waals surface area (Å²) in [6.45, 7) is 13.8. The Balaban J connectivity index is 4.07. The zero-order valence-electron chi connectivity index (χ0n) is 10.5. The first-order valence-corrected chi connectivity index (χ1v) is 5.73. The fourth-order valence-corrected chi connectivity index (χ4v) is 1.21. The van der Waals surface area contributed by atoms with E-state index in [2.05, 4.69) is 20.1 Å². The molecule has 0 aliphatic carbocycles. The fourth-order valence-electron chi connectivity index (χ4n) is 1.21. The maximum Gasteiger partial charge on any atom is 0.508 e. The lowest BCUT2D eigenvalue weighted by molar-refractivity contribution is 0.0430. The van der Waals surface area contributed by atoms with E-state index in [1.807, 2.05) is 0 Å². The van der Waals surface area contributed by atoms with Gasteiger partial charge in [-0.2, -0.15) is 0 Å². The summed E-state index contributed by atoms with van der Waals surface area (Å²) in [4.78, 5) is 11.1. The summed E-state index contributed by atoms with van der Waals surface area (Å²) in [5.74, 6) is 0. The van der Waals surface area contributed by atoms with Gasteiger partial charge in [-0.15, -0.1) is 0 Å². The van der Waals surface area contributed by atoms with Crippen LogP contribution in [0.4, 0.5) is 4.79 Å². The van der Waals surface area contributed by atoms with Gasteiger partial charge in [0.25, 0.3) is 0 Å². The van der Waals surface area contributed by atoms with Crippen molar-refractivity contribution in [2.45, 2.75) is 46.1 Å². The van der Waals surface area contributed by atoms with Crippen molar-refractivity contribution < 1.29 is 14.3 Å². The number of unbranched alkanes of at least 4 members (excludes halogenated alkanes) is 1. The molecule has 0 spiro atoms. The molecule has 0 saturated heterocycles. The van der Waals surface area contributed by atoms with Crippen LogP contribution < -0.4 is 0 Å². The summed E-state index contributed by atoms with van der Waals surface area (Å²) in [6.07, 6.45) is 2.05. The monoisotopic (exact) mass is 226 g/mol. The van der Waals surface area contributed by atoms with Crippen LogP contribution in [0.15, 0.2) is 24.3 Å². The first-order valence-electron chi connectivity index (χ1n) is 5.73. The van der Waals surface area contributed by atoms with Gasteiger partial charge in [0.15, 0.2) is 0 Å².